The molecule has 11 aromatic rings. The summed E-state index contributed by atoms with van der Waals surface area (Å²) in [6.45, 7) is 11.8. The van der Waals surface area contributed by atoms with E-state index in [1.54, 1.807) is 0 Å². The van der Waals surface area contributed by atoms with Gasteiger partial charge in [0.15, 0.2) is 0 Å². The van der Waals surface area contributed by atoms with Crippen LogP contribution in [-0.2, 0) is 10.8 Å². The molecule has 3 heterocycles. The lowest BCUT2D eigenvalue weighted by molar-refractivity contribution is 0.332. The van der Waals surface area contributed by atoms with Crippen LogP contribution in [0.25, 0.3) is 76.9 Å². The van der Waals surface area contributed by atoms with E-state index < -0.39 is 0 Å². The monoisotopic (exact) mass is 886 g/mol. The van der Waals surface area contributed by atoms with Crippen molar-refractivity contribution in [3.05, 3.63) is 211 Å². The van der Waals surface area contributed by atoms with Crippen molar-refractivity contribution in [2.24, 2.45) is 0 Å². The highest BCUT2D eigenvalue weighted by atomic mass is 16.3. The number of fused-ring (bicyclic) bond motifs is 11. The van der Waals surface area contributed by atoms with Gasteiger partial charge in [0, 0.05) is 50.5 Å². The highest BCUT2D eigenvalue weighted by Crippen LogP contribution is 2.53. The van der Waals surface area contributed by atoms with Crippen molar-refractivity contribution in [1.29, 1.82) is 0 Å². The largest absolute Gasteiger partial charge is 0.456 e. The first-order valence-corrected chi connectivity index (χ1v) is 24.6. The number of hydrogen-bond donors (Lipinski definition) is 0. The molecule has 330 valence electrons. The minimum absolute atomic E-state index is 0.0601. The first kappa shape index (κ1) is 40.3. The third kappa shape index (κ3) is 6.01. The molecule has 0 saturated heterocycles. The smallest absolute Gasteiger partial charge is 0.333 e. The van der Waals surface area contributed by atoms with Crippen LogP contribution in [-0.4, -0.2) is 6.85 Å². The van der Waals surface area contributed by atoms with Crippen molar-refractivity contribution in [3.8, 4) is 33.4 Å². The molecule has 0 amide bonds. The van der Waals surface area contributed by atoms with Gasteiger partial charge in [0.25, 0.3) is 0 Å². The van der Waals surface area contributed by atoms with Gasteiger partial charge in [-0.05, 0) is 157 Å². The first-order chi connectivity index (χ1) is 33.6. The number of aryl methyl sites for hydroxylation is 1. The van der Waals surface area contributed by atoms with Gasteiger partial charge in [-0.25, -0.2) is 0 Å². The second-order valence-electron chi connectivity index (χ2n) is 21.2. The Morgan fingerprint density at radius 2 is 1.01 bits per heavy atom. The molecule has 10 aromatic carbocycles. The minimum Gasteiger partial charge on any atom is -0.456 e. The predicted octanol–water partition coefficient (Wildman–Crippen LogP) is 16.6. The standard InChI is InChI=1S/C65H51BN2O/c1-40-32-46(42-18-10-7-11-19-42)26-29-57(40)67-59-39-61-52(51-36-54-55(38-60(51)69-61)65(4,5)31-30-64(54,2)3)37-56(59)66-62-53(34-47-22-14-15-23-49(47)63(62)67)50-33-44-20-12-13-21-45(44)35-58(50)68(66)48-27-24-43(25-28-48)41-16-8-6-9-17-41/h6-29,32-39H,30-31H2,1-5H3. The minimum atomic E-state index is -0.173. The summed E-state index contributed by atoms with van der Waals surface area (Å²) in [5, 5.41) is 7.26. The maximum atomic E-state index is 7.15. The molecule has 1 aliphatic carbocycles. The average molecular weight is 887 g/mol. The lowest BCUT2D eigenvalue weighted by Gasteiger charge is -2.46. The lowest BCUT2D eigenvalue weighted by atomic mass is 9.43. The van der Waals surface area contributed by atoms with E-state index in [1.165, 1.54) is 99.3 Å². The molecule has 2 aliphatic heterocycles. The van der Waals surface area contributed by atoms with Crippen LogP contribution in [0.15, 0.2) is 199 Å². The zero-order chi connectivity index (χ0) is 46.3. The fraction of sp³-hybridized carbons (Fsp3) is 0.138. The summed E-state index contributed by atoms with van der Waals surface area (Å²) >= 11 is 0. The highest BCUT2D eigenvalue weighted by molar-refractivity contribution is 6.94. The molecule has 0 spiro atoms. The third-order valence-corrected chi connectivity index (χ3v) is 16.2. The molecular weight excluding hydrogens is 836 g/mol. The van der Waals surface area contributed by atoms with Crippen LogP contribution in [0.3, 0.4) is 0 Å². The molecule has 0 radical (unpaired) electrons. The number of benzene rings is 10. The van der Waals surface area contributed by atoms with E-state index in [4.69, 9.17) is 4.42 Å². The number of hydrogen-bond acceptors (Lipinski definition) is 3. The number of anilines is 5. The second kappa shape index (κ2) is 14.6. The summed E-state index contributed by atoms with van der Waals surface area (Å²) in [7, 11) is 0. The van der Waals surface area contributed by atoms with Gasteiger partial charge >= 0.3 is 6.85 Å². The summed E-state index contributed by atoms with van der Waals surface area (Å²) in [5.41, 5.74) is 21.9. The SMILES string of the molecule is Cc1cc(-c2ccccc2)ccc1N1c2cc3oc4cc5c(cc4c3cc2B2c3c(cc4ccccc4c31)-c1cc3ccccc3cc1N2c1ccc(-c2ccccc2)cc1)C(C)(C)CCC5(C)C. The Hall–Kier alpha value is -7.82. The number of rotatable bonds is 4. The van der Waals surface area contributed by atoms with Crippen LogP contribution in [0, 0.1) is 6.92 Å². The predicted molar refractivity (Wildman–Crippen MR) is 293 cm³/mol. The summed E-state index contributed by atoms with van der Waals surface area (Å²) < 4.78 is 7.15. The van der Waals surface area contributed by atoms with Crippen LogP contribution in [0.1, 0.15) is 57.2 Å². The van der Waals surface area contributed by atoms with Crippen LogP contribution in [0.4, 0.5) is 28.4 Å². The lowest BCUT2D eigenvalue weighted by Crippen LogP contribution is -2.61. The summed E-state index contributed by atoms with van der Waals surface area (Å²) in [4.78, 5) is 5.24. The fourth-order valence-corrected chi connectivity index (χ4v) is 12.4. The van der Waals surface area contributed by atoms with Gasteiger partial charge in [-0.1, -0.05) is 161 Å². The zero-order valence-electron chi connectivity index (χ0n) is 39.8. The Balaban J connectivity index is 1.11. The molecule has 14 rings (SSSR count). The Bertz CT molecular complexity index is 3920. The Labute approximate surface area is 404 Å². The third-order valence-electron chi connectivity index (χ3n) is 16.2. The van der Waals surface area contributed by atoms with Crippen molar-refractivity contribution in [2.75, 3.05) is 9.71 Å². The normalized spacial score (nSPS) is 15.3. The molecule has 3 aliphatic rings. The maximum Gasteiger partial charge on any atom is 0.333 e. The Morgan fingerprint density at radius 3 is 1.72 bits per heavy atom. The Morgan fingerprint density at radius 1 is 0.449 bits per heavy atom. The molecule has 0 atom stereocenters. The van der Waals surface area contributed by atoms with Gasteiger partial charge in [-0.2, -0.15) is 0 Å². The van der Waals surface area contributed by atoms with Crippen molar-refractivity contribution >= 4 is 89.7 Å². The average Bonchev–Trinajstić information content (AvgIpc) is 3.73. The van der Waals surface area contributed by atoms with Crippen molar-refractivity contribution < 1.29 is 4.42 Å². The fourth-order valence-electron chi connectivity index (χ4n) is 12.4. The molecule has 1 aromatic heterocycles. The maximum absolute atomic E-state index is 7.15. The molecule has 0 bridgehead atoms. The summed E-state index contributed by atoms with van der Waals surface area (Å²) in [5.74, 6) is 0. The van der Waals surface area contributed by atoms with Gasteiger partial charge in [0.2, 0.25) is 0 Å². The zero-order valence-corrected chi connectivity index (χ0v) is 39.8. The topological polar surface area (TPSA) is 19.6 Å². The van der Waals surface area contributed by atoms with E-state index in [1.807, 2.05) is 0 Å². The molecular formula is C65H51BN2O. The van der Waals surface area contributed by atoms with Crippen LogP contribution in [0.5, 0.6) is 0 Å². The van der Waals surface area contributed by atoms with Crippen LogP contribution >= 0.6 is 0 Å². The Kier molecular flexibility index (Phi) is 8.52. The molecule has 69 heavy (non-hydrogen) atoms. The van der Waals surface area contributed by atoms with E-state index in [0.717, 1.165) is 46.5 Å². The molecule has 0 fully saturated rings. The van der Waals surface area contributed by atoms with Crippen molar-refractivity contribution in [2.45, 2.75) is 58.3 Å². The quantitative estimate of drug-likeness (QED) is 0.164. The number of nitrogens with zero attached hydrogens (tertiary/aromatic N) is 2. The van der Waals surface area contributed by atoms with E-state index in [9.17, 15) is 0 Å². The molecule has 3 nitrogen and oxygen atoms in total. The van der Waals surface area contributed by atoms with Crippen molar-refractivity contribution in [3.63, 3.8) is 0 Å². The first-order valence-electron chi connectivity index (χ1n) is 24.6. The summed E-state index contributed by atoms with van der Waals surface area (Å²) in [6.07, 6.45) is 2.31. The van der Waals surface area contributed by atoms with E-state index in [0.29, 0.717) is 0 Å². The van der Waals surface area contributed by atoms with E-state index in [-0.39, 0.29) is 17.7 Å². The van der Waals surface area contributed by atoms with Gasteiger partial charge in [-0.15, -0.1) is 0 Å². The van der Waals surface area contributed by atoms with Gasteiger partial charge in [-0.3, -0.25) is 0 Å². The second-order valence-corrected chi connectivity index (χ2v) is 21.2. The van der Waals surface area contributed by atoms with Crippen LogP contribution in [0.2, 0.25) is 0 Å². The molecule has 4 heteroatoms. The van der Waals surface area contributed by atoms with Gasteiger partial charge in [0.05, 0.1) is 5.69 Å². The highest BCUT2D eigenvalue weighted by Gasteiger charge is 2.47. The van der Waals surface area contributed by atoms with Gasteiger partial charge in [0.1, 0.15) is 11.2 Å². The molecule has 0 unspecified atom stereocenters. The molecule has 0 saturated carbocycles. The van der Waals surface area contributed by atoms with E-state index >= 15 is 0 Å². The van der Waals surface area contributed by atoms with E-state index in [2.05, 4.69) is 238 Å². The molecule has 0 N–H and O–H groups in total. The van der Waals surface area contributed by atoms with Crippen LogP contribution < -0.4 is 20.6 Å². The van der Waals surface area contributed by atoms with Gasteiger partial charge < -0.3 is 14.1 Å². The summed E-state index contributed by atoms with van der Waals surface area (Å²) in [6, 6.07) is 72.8. The number of furan rings is 1. The van der Waals surface area contributed by atoms with Crippen molar-refractivity contribution in [1.82, 2.24) is 0 Å².